The normalized spacial score (nSPS) is 12.3. The van der Waals surface area contributed by atoms with Gasteiger partial charge in [0.05, 0.1) is 17.0 Å². The minimum absolute atomic E-state index is 0.0821. The average Bonchev–Trinajstić information content (AvgIpc) is 2.52. The monoisotopic (exact) mass is 381 g/mol. The summed E-state index contributed by atoms with van der Waals surface area (Å²) in [7, 11) is 0. The number of fused-ring (bicyclic) bond motifs is 1. The first kappa shape index (κ1) is 19.8. The van der Waals surface area contributed by atoms with Crippen LogP contribution in [0.3, 0.4) is 0 Å². The molecule has 8 heteroatoms. The van der Waals surface area contributed by atoms with Gasteiger partial charge in [-0.15, -0.1) is 0 Å². The molecule has 0 bridgehead atoms. The second kappa shape index (κ2) is 7.78. The van der Waals surface area contributed by atoms with Crippen LogP contribution in [-0.4, -0.2) is 28.1 Å². The maximum atomic E-state index is 12.2. The van der Waals surface area contributed by atoms with E-state index in [1.165, 1.54) is 12.1 Å². The highest BCUT2D eigenvalue weighted by Crippen LogP contribution is 2.30. The third-order valence-corrected chi connectivity index (χ3v) is 4.34. The summed E-state index contributed by atoms with van der Waals surface area (Å²) in [6.45, 7) is 5.34. The number of hydrogen-bond acceptors (Lipinski definition) is 5. The maximum absolute atomic E-state index is 12.2. The number of carboxylic acid groups (broad SMARTS) is 1. The van der Waals surface area contributed by atoms with Gasteiger partial charge in [-0.2, -0.15) is 0 Å². The predicted octanol–water partition coefficient (Wildman–Crippen LogP) is 2.62. The Morgan fingerprint density at radius 3 is 2.54 bits per heavy atom. The number of aryl methyl sites for hydroxylation is 1. The fourth-order valence-corrected chi connectivity index (χ4v) is 2.86. The molecule has 0 fully saturated rings. The molecule has 1 aromatic heterocycles. The zero-order chi connectivity index (χ0) is 19.6. The van der Waals surface area contributed by atoms with Crippen molar-refractivity contribution in [3.8, 4) is 5.75 Å². The van der Waals surface area contributed by atoms with Gasteiger partial charge in [0, 0.05) is 11.5 Å². The Kier molecular flexibility index (Phi) is 5.92. The summed E-state index contributed by atoms with van der Waals surface area (Å²) in [6.07, 6.45) is -0.0360. The fraction of sp³-hybridized carbons (Fsp3) is 0.389. The molecule has 1 atom stereocenters. The van der Waals surface area contributed by atoms with E-state index < -0.39 is 23.5 Å². The van der Waals surface area contributed by atoms with Crippen LogP contribution in [0.2, 0.25) is 5.02 Å². The van der Waals surface area contributed by atoms with E-state index in [1.54, 1.807) is 6.92 Å². The van der Waals surface area contributed by atoms with E-state index in [9.17, 15) is 24.6 Å². The van der Waals surface area contributed by atoms with Crippen molar-refractivity contribution in [2.75, 3.05) is 0 Å². The molecule has 2 rings (SSSR count). The molecule has 0 aliphatic heterocycles. The molecule has 1 unspecified atom stereocenters. The zero-order valence-corrected chi connectivity index (χ0v) is 15.4. The standard InChI is InChI=1S/C18H20ClNO6/c1-8(2)4-13(17(23)24)20-16(22)6-11-9(3)10-5-12(19)14(21)7-15(10)26-18(11)25/h5,7-8,13,21H,4,6H2,1-3H3,(H,20,22)(H,23,24). The van der Waals surface area contributed by atoms with Crippen LogP contribution in [0.15, 0.2) is 21.3 Å². The zero-order valence-electron chi connectivity index (χ0n) is 14.6. The van der Waals surface area contributed by atoms with Crippen molar-refractivity contribution in [3.63, 3.8) is 0 Å². The van der Waals surface area contributed by atoms with Crippen molar-refractivity contribution < 1.29 is 24.2 Å². The summed E-state index contributed by atoms with van der Waals surface area (Å²) in [4.78, 5) is 35.7. The lowest BCUT2D eigenvalue weighted by molar-refractivity contribution is -0.142. The van der Waals surface area contributed by atoms with Gasteiger partial charge in [-0.25, -0.2) is 9.59 Å². The van der Waals surface area contributed by atoms with Gasteiger partial charge in [-0.3, -0.25) is 4.79 Å². The van der Waals surface area contributed by atoms with Crippen LogP contribution < -0.4 is 10.9 Å². The molecule has 1 heterocycles. The predicted molar refractivity (Wildman–Crippen MR) is 96.6 cm³/mol. The molecule has 7 nitrogen and oxygen atoms in total. The molecule has 0 aliphatic rings. The minimum Gasteiger partial charge on any atom is -0.506 e. The van der Waals surface area contributed by atoms with Gasteiger partial charge in [0.1, 0.15) is 17.4 Å². The first-order valence-electron chi connectivity index (χ1n) is 8.07. The number of carbonyl (C=O) groups is 2. The highest BCUT2D eigenvalue weighted by atomic mass is 35.5. The summed E-state index contributed by atoms with van der Waals surface area (Å²) in [5.74, 6) is -1.85. The number of amides is 1. The molecule has 2 aromatic rings. The van der Waals surface area contributed by atoms with Gasteiger partial charge < -0.3 is 19.9 Å². The molecule has 0 saturated heterocycles. The second-order valence-corrected chi connectivity index (χ2v) is 6.96. The second-order valence-electron chi connectivity index (χ2n) is 6.56. The number of carboxylic acids is 1. The van der Waals surface area contributed by atoms with Crippen molar-refractivity contribution in [1.82, 2.24) is 5.32 Å². The van der Waals surface area contributed by atoms with Gasteiger partial charge >= 0.3 is 11.6 Å². The van der Waals surface area contributed by atoms with Crippen LogP contribution in [0.25, 0.3) is 11.0 Å². The number of benzene rings is 1. The lowest BCUT2D eigenvalue weighted by Crippen LogP contribution is -2.42. The third kappa shape index (κ3) is 4.35. The molecule has 0 radical (unpaired) electrons. The number of rotatable bonds is 6. The first-order valence-corrected chi connectivity index (χ1v) is 8.45. The Balaban J connectivity index is 2.32. The number of carbonyl (C=O) groups excluding carboxylic acids is 1. The molecular weight excluding hydrogens is 362 g/mol. The molecular formula is C18H20ClNO6. The number of phenolic OH excluding ortho intramolecular Hbond substituents is 1. The number of halogens is 1. The van der Waals surface area contributed by atoms with Crippen molar-refractivity contribution in [2.24, 2.45) is 5.92 Å². The molecule has 26 heavy (non-hydrogen) atoms. The lowest BCUT2D eigenvalue weighted by atomic mass is 10.0. The van der Waals surface area contributed by atoms with Gasteiger partial charge in [-0.1, -0.05) is 25.4 Å². The number of aromatic hydroxyl groups is 1. The molecule has 1 amide bonds. The Bertz CT molecular complexity index is 918. The van der Waals surface area contributed by atoms with Gasteiger partial charge in [0.15, 0.2) is 0 Å². The Morgan fingerprint density at radius 1 is 1.31 bits per heavy atom. The van der Waals surface area contributed by atoms with E-state index in [0.717, 1.165) is 0 Å². The smallest absolute Gasteiger partial charge is 0.340 e. The average molecular weight is 382 g/mol. The molecule has 1 aromatic carbocycles. The van der Waals surface area contributed by atoms with Gasteiger partial charge in [0.2, 0.25) is 5.91 Å². The topological polar surface area (TPSA) is 117 Å². The SMILES string of the molecule is Cc1c(CC(=O)NC(CC(C)C)C(=O)O)c(=O)oc2cc(O)c(Cl)cc12. The Hall–Kier alpha value is -2.54. The molecule has 0 saturated carbocycles. The van der Waals surface area contributed by atoms with Crippen molar-refractivity contribution in [2.45, 2.75) is 39.7 Å². The molecule has 0 aliphatic carbocycles. The van der Waals surface area contributed by atoms with E-state index in [1.807, 2.05) is 13.8 Å². The first-order chi connectivity index (χ1) is 12.1. The summed E-state index contributed by atoms with van der Waals surface area (Å²) in [6, 6.07) is 1.66. The van der Waals surface area contributed by atoms with Gasteiger partial charge in [-0.05, 0) is 30.9 Å². The summed E-state index contributed by atoms with van der Waals surface area (Å²) >= 11 is 5.90. The quantitative estimate of drug-likeness (QED) is 0.662. The van der Waals surface area contributed by atoms with Crippen LogP contribution in [0.4, 0.5) is 0 Å². The van der Waals surface area contributed by atoms with E-state index in [4.69, 9.17) is 16.0 Å². The summed E-state index contributed by atoms with van der Waals surface area (Å²) in [5, 5.41) is 21.9. The van der Waals surface area contributed by atoms with Crippen LogP contribution in [-0.2, 0) is 16.0 Å². The Morgan fingerprint density at radius 2 is 1.96 bits per heavy atom. The van der Waals surface area contributed by atoms with Crippen molar-refractivity contribution >= 4 is 34.4 Å². The fourth-order valence-electron chi connectivity index (χ4n) is 2.70. The van der Waals surface area contributed by atoms with E-state index in [-0.39, 0.29) is 40.7 Å². The largest absolute Gasteiger partial charge is 0.506 e. The Labute approximate surface area is 154 Å². The van der Waals surface area contributed by atoms with Crippen molar-refractivity contribution in [1.29, 1.82) is 0 Å². The van der Waals surface area contributed by atoms with Crippen LogP contribution in [0.5, 0.6) is 5.75 Å². The van der Waals surface area contributed by atoms with Crippen LogP contribution in [0.1, 0.15) is 31.4 Å². The number of phenols is 1. The third-order valence-electron chi connectivity index (χ3n) is 4.03. The highest BCUT2D eigenvalue weighted by Gasteiger charge is 2.23. The molecule has 3 N–H and O–H groups in total. The lowest BCUT2D eigenvalue weighted by Gasteiger charge is -2.16. The number of nitrogens with one attached hydrogen (secondary N) is 1. The number of hydrogen-bond donors (Lipinski definition) is 3. The van der Waals surface area contributed by atoms with Gasteiger partial charge in [0.25, 0.3) is 0 Å². The summed E-state index contributed by atoms with van der Waals surface area (Å²) < 4.78 is 5.16. The van der Waals surface area contributed by atoms with E-state index >= 15 is 0 Å². The maximum Gasteiger partial charge on any atom is 0.340 e. The summed E-state index contributed by atoms with van der Waals surface area (Å²) in [5.41, 5.74) is 0.0406. The minimum atomic E-state index is -1.13. The molecule has 0 spiro atoms. The van der Waals surface area contributed by atoms with E-state index in [0.29, 0.717) is 10.9 Å². The number of aliphatic carboxylic acids is 1. The van der Waals surface area contributed by atoms with Crippen LogP contribution in [0, 0.1) is 12.8 Å². The van der Waals surface area contributed by atoms with Crippen molar-refractivity contribution in [3.05, 3.63) is 38.7 Å². The molecule has 140 valence electrons. The van der Waals surface area contributed by atoms with Crippen LogP contribution >= 0.6 is 11.6 Å². The highest BCUT2D eigenvalue weighted by molar-refractivity contribution is 6.32. The van der Waals surface area contributed by atoms with E-state index in [2.05, 4.69) is 5.32 Å².